The van der Waals surface area contributed by atoms with E-state index in [4.69, 9.17) is 33.5 Å². The lowest BCUT2D eigenvalue weighted by atomic mass is 10.2. The van der Waals surface area contributed by atoms with Gasteiger partial charge in [-0.05, 0) is 40.5 Å². The van der Waals surface area contributed by atoms with Gasteiger partial charge in [-0.1, -0.05) is 6.42 Å². The van der Waals surface area contributed by atoms with Crippen molar-refractivity contribution < 1.29 is 47.9 Å². The normalized spacial score (nSPS) is 13.1. The Kier molecular flexibility index (Phi) is 19.2. The molecule has 11 nitrogen and oxygen atoms in total. The fourth-order valence-electron chi connectivity index (χ4n) is 2.46. The Morgan fingerprint density at radius 1 is 0.909 bits per heavy atom. The van der Waals surface area contributed by atoms with Gasteiger partial charge in [0.25, 0.3) is 0 Å². The van der Waals surface area contributed by atoms with E-state index in [0.717, 1.165) is 6.42 Å². The van der Waals surface area contributed by atoms with Crippen LogP contribution in [0.25, 0.3) is 0 Å². The highest BCUT2D eigenvalue weighted by atomic mass is 31.2. The first-order valence-corrected chi connectivity index (χ1v) is 12.7. The van der Waals surface area contributed by atoms with Crippen molar-refractivity contribution in [1.82, 2.24) is 4.90 Å². The maximum Gasteiger partial charge on any atom is 0.347 e. The first-order chi connectivity index (χ1) is 15.7. The number of rotatable bonds is 20. The van der Waals surface area contributed by atoms with Crippen molar-refractivity contribution in [2.24, 2.45) is 0 Å². The first kappa shape index (κ1) is 31.6. The average Bonchev–Trinajstić information content (AvgIpc) is 2.76. The second kappa shape index (κ2) is 20.1. The summed E-state index contributed by atoms with van der Waals surface area (Å²) < 4.78 is 26.5. The van der Waals surface area contributed by atoms with Gasteiger partial charge in [0, 0.05) is 26.1 Å². The predicted molar refractivity (Wildman–Crippen MR) is 121 cm³/mol. The van der Waals surface area contributed by atoms with Gasteiger partial charge in [0.1, 0.15) is 19.3 Å². The molecule has 0 saturated heterocycles. The molecule has 194 valence electrons. The van der Waals surface area contributed by atoms with Gasteiger partial charge >= 0.3 is 17.9 Å². The van der Waals surface area contributed by atoms with Gasteiger partial charge in [0.05, 0.1) is 19.5 Å². The number of ether oxygens (including phenoxy) is 3. The minimum Gasteiger partial charge on any atom is -0.464 e. The van der Waals surface area contributed by atoms with E-state index in [1.165, 1.54) is 13.8 Å². The molecule has 2 unspecified atom stereocenters. The number of hydrogen-bond acceptors (Lipinski definition) is 11. The SMILES string of the molecule is CCOP(CN(CCOC(=O)CCCCCO)CCOC(=O)C(C)OC(=O)C(C)O)OCC. The molecule has 0 rings (SSSR count). The third-order valence-electron chi connectivity index (χ3n) is 4.19. The Bertz CT molecular complexity index is 543. The lowest BCUT2D eigenvalue weighted by Crippen LogP contribution is -2.35. The van der Waals surface area contributed by atoms with Crippen LogP contribution >= 0.6 is 8.38 Å². The summed E-state index contributed by atoms with van der Waals surface area (Å²) in [4.78, 5) is 37.2. The molecule has 0 aromatic carbocycles. The minimum absolute atomic E-state index is 0.0198. The Morgan fingerprint density at radius 2 is 1.52 bits per heavy atom. The Balaban J connectivity index is 4.62. The van der Waals surface area contributed by atoms with Crippen molar-refractivity contribution in [2.45, 2.75) is 65.6 Å². The maximum atomic E-state index is 12.0. The van der Waals surface area contributed by atoms with Gasteiger partial charge in [0.2, 0.25) is 0 Å². The summed E-state index contributed by atoms with van der Waals surface area (Å²) >= 11 is 0. The van der Waals surface area contributed by atoms with Crippen LogP contribution in [0.3, 0.4) is 0 Å². The molecule has 0 aliphatic carbocycles. The van der Waals surface area contributed by atoms with E-state index in [1.54, 1.807) is 0 Å². The van der Waals surface area contributed by atoms with Gasteiger partial charge in [-0.3, -0.25) is 9.69 Å². The molecule has 0 spiro atoms. The van der Waals surface area contributed by atoms with E-state index >= 15 is 0 Å². The molecule has 2 N–H and O–H groups in total. The summed E-state index contributed by atoms with van der Waals surface area (Å²) in [6.45, 7) is 8.35. The molecule has 2 atom stereocenters. The standard InChI is InChI=1S/C21H40NO10P/c1-5-30-33(31-6-2)16-22(11-14-28-19(25)10-8-7-9-13-23)12-15-29-21(27)18(4)32-20(26)17(3)24/h17-18,23-24H,5-16H2,1-4H3. The van der Waals surface area contributed by atoms with Crippen molar-refractivity contribution >= 4 is 26.3 Å². The number of nitrogens with zero attached hydrogens (tertiary/aromatic N) is 1. The van der Waals surface area contributed by atoms with E-state index in [-0.39, 0.29) is 25.8 Å². The van der Waals surface area contributed by atoms with Crippen molar-refractivity contribution in [3.63, 3.8) is 0 Å². The number of carbonyl (C=O) groups excluding carboxylic acids is 3. The fraction of sp³-hybridized carbons (Fsp3) is 0.857. The van der Waals surface area contributed by atoms with Crippen molar-refractivity contribution in [2.75, 3.05) is 52.4 Å². The molecule has 0 aromatic heterocycles. The van der Waals surface area contributed by atoms with E-state index in [0.29, 0.717) is 51.9 Å². The third-order valence-corrected chi connectivity index (χ3v) is 5.91. The molecule has 0 aliphatic heterocycles. The highest BCUT2D eigenvalue weighted by Crippen LogP contribution is 2.38. The van der Waals surface area contributed by atoms with Gasteiger partial charge in [0.15, 0.2) is 14.5 Å². The van der Waals surface area contributed by atoms with E-state index in [2.05, 4.69) is 0 Å². The smallest absolute Gasteiger partial charge is 0.347 e. The molecule has 0 aliphatic rings. The summed E-state index contributed by atoms with van der Waals surface area (Å²) in [5, 5.41) is 17.9. The minimum atomic E-state index is -1.33. The number of aliphatic hydroxyl groups is 2. The van der Waals surface area contributed by atoms with Crippen LogP contribution in [-0.2, 0) is 37.6 Å². The van der Waals surface area contributed by atoms with E-state index in [1.807, 2.05) is 18.7 Å². The van der Waals surface area contributed by atoms with E-state index < -0.39 is 32.5 Å². The Morgan fingerprint density at radius 3 is 2.06 bits per heavy atom. The van der Waals surface area contributed by atoms with Crippen LogP contribution < -0.4 is 0 Å². The van der Waals surface area contributed by atoms with Gasteiger partial charge < -0.3 is 33.5 Å². The van der Waals surface area contributed by atoms with Crippen LogP contribution in [0, 0.1) is 0 Å². The van der Waals surface area contributed by atoms with E-state index in [9.17, 15) is 14.4 Å². The van der Waals surface area contributed by atoms with Crippen molar-refractivity contribution in [3.05, 3.63) is 0 Å². The number of carbonyl (C=O) groups is 3. The quantitative estimate of drug-likeness (QED) is 0.110. The van der Waals surface area contributed by atoms with Crippen molar-refractivity contribution in [1.29, 1.82) is 0 Å². The predicted octanol–water partition coefficient (Wildman–Crippen LogP) is 1.58. The molecule has 0 amide bonds. The summed E-state index contributed by atoms with van der Waals surface area (Å²) in [7, 11) is -1.19. The summed E-state index contributed by atoms with van der Waals surface area (Å²) in [5.41, 5.74) is 0. The monoisotopic (exact) mass is 497 g/mol. The topological polar surface area (TPSA) is 141 Å². The molecule has 0 bridgehead atoms. The molecule has 0 fully saturated rings. The highest BCUT2D eigenvalue weighted by Gasteiger charge is 2.22. The van der Waals surface area contributed by atoms with Crippen LogP contribution in [-0.4, -0.2) is 97.6 Å². The fourth-order valence-corrected chi connectivity index (χ4v) is 3.88. The lowest BCUT2D eigenvalue weighted by molar-refractivity contribution is -0.171. The molecular formula is C21H40NO10P. The third kappa shape index (κ3) is 16.8. The second-order valence-corrected chi connectivity index (χ2v) is 8.57. The maximum absolute atomic E-state index is 12.0. The number of unbranched alkanes of at least 4 members (excludes halogenated alkanes) is 2. The molecule has 0 aromatic rings. The zero-order chi connectivity index (χ0) is 25.1. The highest BCUT2D eigenvalue weighted by molar-refractivity contribution is 7.47. The van der Waals surface area contributed by atoms with Crippen molar-refractivity contribution in [3.8, 4) is 0 Å². The zero-order valence-corrected chi connectivity index (χ0v) is 21.1. The van der Waals surface area contributed by atoms with Crippen LogP contribution in [0.5, 0.6) is 0 Å². The Hall–Kier alpha value is -1.36. The first-order valence-electron chi connectivity index (χ1n) is 11.3. The zero-order valence-electron chi connectivity index (χ0n) is 20.2. The summed E-state index contributed by atoms with van der Waals surface area (Å²) in [5.74, 6) is -1.93. The van der Waals surface area contributed by atoms with Gasteiger partial charge in [-0.15, -0.1) is 0 Å². The average molecular weight is 498 g/mol. The Labute approximate surface area is 197 Å². The molecule has 0 radical (unpaired) electrons. The number of esters is 3. The van der Waals surface area contributed by atoms with Crippen LogP contribution in [0.1, 0.15) is 53.4 Å². The molecule has 12 heteroatoms. The number of aliphatic hydroxyl groups excluding tert-OH is 2. The van der Waals surface area contributed by atoms with Crippen LogP contribution in [0.15, 0.2) is 0 Å². The molecule has 0 heterocycles. The largest absolute Gasteiger partial charge is 0.464 e. The molecule has 33 heavy (non-hydrogen) atoms. The second-order valence-electron chi connectivity index (χ2n) is 7.11. The lowest BCUT2D eigenvalue weighted by Gasteiger charge is -2.26. The molecular weight excluding hydrogens is 457 g/mol. The summed E-state index contributed by atoms with van der Waals surface area (Å²) in [6, 6.07) is 0. The van der Waals surface area contributed by atoms with Crippen LogP contribution in [0.4, 0.5) is 0 Å². The number of hydrogen-bond donors (Lipinski definition) is 2. The molecule has 0 saturated carbocycles. The van der Waals surface area contributed by atoms with Crippen LogP contribution in [0.2, 0.25) is 0 Å². The van der Waals surface area contributed by atoms with Gasteiger partial charge in [-0.2, -0.15) is 0 Å². The van der Waals surface area contributed by atoms with Gasteiger partial charge in [-0.25, -0.2) is 9.59 Å². The summed E-state index contributed by atoms with van der Waals surface area (Å²) in [6.07, 6.45) is 0.355.